The minimum absolute atomic E-state index is 0.650. The van der Waals surface area contributed by atoms with Gasteiger partial charge in [0.25, 0.3) is 0 Å². The van der Waals surface area contributed by atoms with Gasteiger partial charge in [0.15, 0.2) is 0 Å². The number of nitrogens with two attached hydrogens (primary N) is 1. The van der Waals surface area contributed by atoms with Gasteiger partial charge in [-0.05, 0) is 25.5 Å². The largest absolute Gasteiger partial charge is 0.330 e. The lowest BCUT2D eigenvalue weighted by molar-refractivity contribution is 0.450. The normalized spacial score (nSPS) is 18.2. The highest BCUT2D eigenvalue weighted by atomic mass is 15.3. The van der Waals surface area contributed by atoms with E-state index in [1.165, 1.54) is 31.4 Å². The van der Waals surface area contributed by atoms with Gasteiger partial charge in [-0.1, -0.05) is 12.8 Å². The number of hydrogen-bond acceptors (Lipinski definition) is 2. The minimum atomic E-state index is 0.650. The van der Waals surface area contributed by atoms with E-state index in [1.54, 1.807) is 0 Å². The van der Waals surface area contributed by atoms with Crippen LogP contribution in [0.1, 0.15) is 37.4 Å². The monoisotopic (exact) mass is 179 g/mol. The predicted molar refractivity (Wildman–Crippen MR) is 52.5 cm³/mol. The summed E-state index contributed by atoms with van der Waals surface area (Å²) < 4.78 is 2.18. The molecule has 1 saturated carbocycles. The van der Waals surface area contributed by atoms with Gasteiger partial charge in [0.1, 0.15) is 0 Å². The third-order valence-electron chi connectivity index (χ3n) is 2.82. The Balaban J connectivity index is 2.13. The lowest BCUT2D eigenvalue weighted by atomic mass is 10.2. The zero-order chi connectivity index (χ0) is 9.10. The molecule has 0 unspecified atom stereocenters. The van der Waals surface area contributed by atoms with Crippen LogP contribution in [0.2, 0.25) is 0 Å². The van der Waals surface area contributed by atoms with Crippen molar-refractivity contribution in [1.82, 2.24) is 9.78 Å². The molecule has 0 bridgehead atoms. The summed E-state index contributed by atoms with van der Waals surface area (Å²) in [7, 11) is 0. The second kappa shape index (κ2) is 3.92. The van der Waals surface area contributed by atoms with Gasteiger partial charge in [0.2, 0.25) is 0 Å². The average Bonchev–Trinajstić information content (AvgIpc) is 2.71. The van der Waals surface area contributed by atoms with Crippen LogP contribution < -0.4 is 5.73 Å². The van der Waals surface area contributed by atoms with Gasteiger partial charge >= 0.3 is 0 Å². The SMILES string of the molecule is NCCc1ccnn1C1CCCC1. The van der Waals surface area contributed by atoms with Crippen molar-refractivity contribution in [1.29, 1.82) is 0 Å². The fourth-order valence-corrected chi connectivity index (χ4v) is 2.17. The summed E-state index contributed by atoms with van der Waals surface area (Å²) >= 11 is 0. The van der Waals surface area contributed by atoms with Crippen LogP contribution in [0.4, 0.5) is 0 Å². The molecule has 0 aromatic carbocycles. The van der Waals surface area contributed by atoms with E-state index in [-0.39, 0.29) is 0 Å². The number of aromatic nitrogens is 2. The van der Waals surface area contributed by atoms with Gasteiger partial charge < -0.3 is 5.73 Å². The van der Waals surface area contributed by atoms with Crippen molar-refractivity contribution in [2.24, 2.45) is 5.73 Å². The van der Waals surface area contributed by atoms with Crippen LogP contribution in [0.5, 0.6) is 0 Å². The van der Waals surface area contributed by atoms with Gasteiger partial charge in [0.05, 0.1) is 6.04 Å². The molecule has 0 atom stereocenters. The fourth-order valence-electron chi connectivity index (χ4n) is 2.17. The molecule has 13 heavy (non-hydrogen) atoms. The van der Waals surface area contributed by atoms with E-state index < -0.39 is 0 Å². The van der Waals surface area contributed by atoms with Crippen molar-refractivity contribution < 1.29 is 0 Å². The van der Waals surface area contributed by atoms with Crippen LogP contribution >= 0.6 is 0 Å². The molecule has 0 spiro atoms. The molecule has 1 aliphatic rings. The maximum Gasteiger partial charge on any atom is 0.0522 e. The summed E-state index contributed by atoms with van der Waals surface area (Å²) in [4.78, 5) is 0. The predicted octanol–water partition coefficient (Wildman–Crippen LogP) is 1.50. The molecule has 1 aromatic heterocycles. The average molecular weight is 179 g/mol. The zero-order valence-corrected chi connectivity index (χ0v) is 7.95. The van der Waals surface area contributed by atoms with E-state index in [0.717, 1.165) is 13.0 Å². The molecule has 3 heteroatoms. The first-order chi connectivity index (χ1) is 6.42. The second-order valence-corrected chi connectivity index (χ2v) is 3.74. The van der Waals surface area contributed by atoms with Crippen molar-refractivity contribution >= 4 is 0 Å². The van der Waals surface area contributed by atoms with Gasteiger partial charge in [-0.2, -0.15) is 5.10 Å². The maximum absolute atomic E-state index is 5.55. The van der Waals surface area contributed by atoms with Gasteiger partial charge in [-0.15, -0.1) is 0 Å². The van der Waals surface area contributed by atoms with E-state index >= 15 is 0 Å². The highest BCUT2D eigenvalue weighted by Crippen LogP contribution is 2.29. The first kappa shape index (κ1) is 8.75. The molecular weight excluding hydrogens is 162 g/mol. The van der Waals surface area contributed by atoms with Crippen molar-refractivity contribution in [3.8, 4) is 0 Å². The number of hydrogen-bond donors (Lipinski definition) is 1. The molecule has 0 saturated heterocycles. The third kappa shape index (κ3) is 1.75. The van der Waals surface area contributed by atoms with E-state index in [4.69, 9.17) is 5.73 Å². The standard InChI is InChI=1S/C10H17N3/c11-7-5-10-6-8-12-13(10)9-3-1-2-4-9/h6,8-9H,1-5,7,11H2. The third-order valence-corrected chi connectivity index (χ3v) is 2.82. The Hall–Kier alpha value is -0.830. The zero-order valence-electron chi connectivity index (χ0n) is 7.95. The van der Waals surface area contributed by atoms with Crippen LogP contribution in [0.25, 0.3) is 0 Å². The maximum atomic E-state index is 5.55. The molecule has 2 N–H and O–H groups in total. The van der Waals surface area contributed by atoms with Crippen molar-refractivity contribution in [3.05, 3.63) is 18.0 Å². The molecule has 1 aromatic rings. The molecule has 0 amide bonds. The lowest BCUT2D eigenvalue weighted by Gasteiger charge is -2.13. The van der Waals surface area contributed by atoms with E-state index in [1.807, 2.05) is 6.20 Å². The summed E-state index contributed by atoms with van der Waals surface area (Å²) in [5, 5.41) is 4.38. The van der Waals surface area contributed by atoms with E-state index in [2.05, 4.69) is 15.8 Å². The van der Waals surface area contributed by atoms with Crippen LogP contribution in [-0.2, 0) is 6.42 Å². The number of rotatable bonds is 3. The van der Waals surface area contributed by atoms with Gasteiger partial charge in [-0.25, -0.2) is 0 Å². The molecule has 72 valence electrons. The second-order valence-electron chi connectivity index (χ2n) is 3.74. The first-order valence-corrected chi connectivity index (χ1v) is 5.14. The summed E-state index contributed by atoms with van der Waals surface area (Å²) in [6.07, 6.45) is 8.14. The molecule has 0 radical (unpaired) electrons. The molecule has 1 heterocycles. The lowest BCUT2D eigenvalue weighted by Crippen LogP contribution is -2.13. The number of nitrogens with zero attached hydrogens (tertiary/aromatic N) is 2. The summed E-state index contributed by atoms with van der Waals surface area (Å²) in [6.45, 7) is 0.721. The molecule has 1 aliphatic carbocycles. The van der Waals surface area contributed by atoms with E-state index in [9.17, 15) is 0 Å². The van der Waals surface area contributed by atoms with Crippen LogP contribution in [-0.4, -0.2) is 16.3 Å². The molecule has 1 fully saturated rings. The van der Waals surface area contributed by atoms with Crippen molar-refractivity contribution in [3.63, 3.8) is 0 Å². The Morgan fingerprint density at radius 1 is 1.46 bits per heavy atom. The van der Waals surface area contributed by atoms with Crippen molar-refractivity contribution in [2.45, 2.75) is 38.1 Å². The smallest absolute Gasteiger partial charge is 0.0522 e. The quantitative estimate of drug-likeness (QED) is 0.764. The summed E-state index contributed by atoms with van der Waals surface area (Å²) in [5.41, 5.74) is 6.85. The summed E-state index contributed by atoms with van der Waals surface area (Å²) in [6, 6.07) is 2.74. The molecule has 3 nitrogen and oxygen atoms in total. The fraction of sp³-hybridized carbons (Fsp3) is 0.700. The minimum Gasteiger partial charge on any atom is -0.330 e. The van der Waals surface area contributed by atoms with Gasteiger partial charge in [-0.3, -0.25) is 4.68 Å². The van der Waals surface area contributed by atoms with E-state index in [0.29, 0.717) is 6.04 Å². The molecule has 0 aliphatic heterocycles. The van der Waals surface area contributed by atoms with Crippen LogP contribution in [0.15, 0.2) is 12.3 Å². The van der Waals surface area contributed by atoms with Crippen LogP contribution in [0, 0.1) is 0 Å². The highest BCUT2D eigenvalue weighted by molar-refractivity contribution is 5.03. The highest BCUT2D eigenvalue weighted by Gasteiger charge is 2.18. The Bertz CT molecular complexity index is 261. The Labute approximate surface area is 78.9 Å². The Morgan fingerprint density at radius 2 is 2.23 bits per heavy atom. The van der Waals surface area contributed by atoms with Crippen LogP contribution in [0.3, 0.4) is 0 Å². The van der Waals surface area contributed by atoms with Crippen molar-refractivity contribution in [2.75, 3.05) is 6.54 Å². The molecule has 2 rings (SSSR count). The molecular formula is C10H17N3. The first-order valence-electron chi connectivity index (χ1n) is 5.14. The Kier molecular flexibility index (Phi) is 2.64. The topological polar surface area (TPSA) is 43.8 Å². The summed E-state index contributed by atoms with van der Waals surface area (Å²) in [5.74, 6) is 0. The van der Waals surface area contributed by atoms with Gasteiger partial charge in [0, 0.05) is 18.3 Å². The Morgan fingerprint density at radius 3 is 2.92 bits per heavy atom.